The molecule has 4 N–H and O–H groups in total. The van der Waals surface area contributed by atoms with E-state index in [0.29, 0.717) is 31.6 Å². The van der Waals surface area contributed by atoms with E-state index in [2.05, 4.69) is 16.8 Å². The first-order valence-corrected chi connectivity index (χ1v) is 8.95. The number of hydrogen-bond acceptors (Lipinski definition) is 4. The fraction of sp³-hybridized carbons (Fsp3) is 0.923. The van der Waals surface area contributed by atoms with Crippen LogP contribution in [0.1, 0.15) is 58.3 Å². The van der Waals surface area contributed by atoms with Crippen molar-refractivity contribution in [1.29, 1.82) is 0 Å². The summed E-state index contributed by atoms with van der Waals surface area (Å²) in [5, 5.41) is 11.8. The molecule has 0 aliphatic heterocycles. The number of oxime groups is 1. The van der Waals surface area contributed by atoms with E-state index in [1.807, 2.05) is 0 Å². The largest absolute Gasteiger partial charge is 0.409 e. The highest BCUT2D eigenvalue weighted by Gasteiger charge is 2.43. The van der Waals surface area contributed by atoms with E-state index in [9.17, 15) is 8.42 Å². The van der Waals surface area contributed by atoms with Gasteiger partial charge in [0, 0.05) is 0 Å². The molecular formula is C13H25N3O3S. The van der Waals surface area contributed by atoms with Crippen LogP contribution < -0.4 is 10.5 Å². The molecule has 2 rings (SSSR count). The number of amidine groups is 1. The van der Waals surface area contributed by atoms with E-state index in [4.69, 9.17) is 10.9 Å². The molecule has 0 spiro atoms. The third-order valence-electron chi connectivity index (χ3n) is 4.80. The van der Waals surface area contributed by atoms with Gasteiger partial charge in [-0.05, 0) is 44.4 Å². The molecule has 2 saturated carbocycles. The molecule has 6 nitrogen and oxygen atoms in total. The average Bonchev–Trinajstić information content (AvgIpc) is 2.95. The standard InChI is InChI=1S/C13H25N3O3S/c1-10-6-8-13(9-7-10,12(14)15-17)16-20(18,19)11-4-2-3-5-11/h10-11,16-17H,2-9H2,1H3,(H2,14,15). The van der Waals surface area contributed by atoms with Crippen molar-refractivity contribution in [3.8, 4) is 0 Å². The fourth-order valence-corrected chi connectivity index (χ4v) is 5.29. The molecule has 0 amide bonds. The zero-order valence-corrected chi connectivity index (χ0v) is 12.8. The summed E-state index contributed by atoms with van der Waals surface area (Å²) in [4.78, 5) is 0. The number of hydrogen-bond donors (Lipinski definition) is 3. The molecule has 0 atom stereocenters. The Morgan fingerprint density at radius 3 is 2.30 bits per heavy atom. The van der Waals surface area contributed by atoms with E-state index in [1.54, 1.807) is 0 Å². The number of nitrogens with one attached hydrogen (secondary N) is 1. The summed E-state index contributed by atoms with van der Waals surface area (Å²) in [6.45, 7) is 2.14. The van der Waals surface area contributed by atoms with Gasteiger partial charge in [0.2, 0.25) is 10.0 Å². The zero-order valence-electron chi connectivity index (χ0n) is 12.0. The SMILES string of the molecule is CC1CCC(NS(=O)(=O)C2CCCC2)(C(N)=NO)CC1. The van der Waals surface area contributed by atoms with Gasteiger partial charge in [-0.25, -0.2) is 13.1 Å². The molecule has 0 unspecified atom stereocenters. The van der Waals surface area contributed by atoms with Crippen molar-refractivity contribution in [2.75, 3.05) is 0 Å². The molecule has 0 aromatic carbocycles. The molecule has 7 heteroatoms. The lowest BCUT2D eigenvalue weighted by molar-refractivity contribution is 0.266. The maximum atomic E-state index is 12.5. The van der Waals surface area contributed by atoms with E-state index in [-0.39, 0.29) is 11.1 Å². The lowest BCUT2D eigenvalue weighted by Crippen LogP contribution is -2.60. The summed E-state index contributed by atoms with van der Waals surface area (Å²) in [5.41, 5.74) is 4.91. The fourth-order valence-electron chi connectivity index (χ4n) is 3.32. The second kappa shape index (κ2) is 5.89. The number of nitrogens with two attached hydrogens (primary N) is 1. The predicted molar refractivity (Wildman–Crippen MR) is 78.1 cm³/mol. The van der Waals surface area contributed by atoms with Crippen molar-refractivity contribution in [3.63, 3.8) is 0 Å². The van der Waals surface area contributed by atoms with Gasteiger partial charge in [0.25, 0.3) is 0 Å². The van der Waals surface area contributed by atoms with Crippen LogP contribution in [0, 0.1) is 5.92 Å². The summed E-state index contributed by atoms with van der Waals surface area (Å²) < 4.78 is 27.8. The molecule has 20 heavy (non-hydrogen) atoms. The van der Waals surface area contributed by atoms with Gasteiger partial charge in [-0.2, -0.15) is 0 Å². The molecular weight excluding hydrogens is 278 g/mol. The minimum absolute atomic E-state index is 0.00836. The van der Waals surface area contributed by atoms with E-state index >= 15 is 0 Å². The molecule has 0 heterocycles. The zero-order chi connectivity index (χ0) is 14.8. The quantitative estimate of drug-likeness (QED) is 0.317. The van der Waals surface area contributed by atoms with Crippen molar-refractivity contribution in [3.05, 3.63) is 0 Å². The maximum absolute atomic E-state index is 12.5. The smallest absolute Gasteiger partial charge is 0.215 e. The second-order valence-electron chi connectivity index (χ2n) is 6.30. The van der Waals surface area contributed by atoms with Gasteiger partial charge in [-0.15, -0.1) is 0 Å². The van der Waals surface area contributed by atoms with Gasteiger partial charge in [0.15, 0.2) is 5.84 Å². The lowest BCUT2D eigenvalue weighted by Gasteiger charge is -2.39. The molecule has 0 radical (unpaired) electrons. The van der Waals surface area contributed by atoms with Crippen LogP contribution >= 0.6 is 0 Å². The predicted octanol–water partition coefficient (Wildman–Crippen LogP) is 1.54. The molecule has 0 bridgehead atoms. The monoisotopic (exact) mass is 303 g/mol. The topological polar surface area (TPSA) is 105 Å². The van der Waals surface area contributed by atoms with Crippen molar-refractivity contribution < 1.29 is 13.6 Å². The highest BCUT2D eigenvalue weighted by molar-refractivity contribution is 7.90. The first kappa shape index (κ1) is 15.6. The van der Waals surface area contributed by atoms with Crippen LogP contribution in [0.4, 0.5) is 0 Å². The first-order chi connectivity index (χ1) is 9.39. The normalized spacial score (nSPS) is 33.5. The summed E-state index contributed by atoms with van der Waals surface area (Å²) >= 11 is 0. The highest BCUT2D eigenvalue weighted by atomic mass is 32.2. The molecule has 116 valence electrons. The Bertz CT molecular complexity index is 461. The maximum Gasteiger partial charge on any atom is 0.215 e. The third kappa shape index (κ3) is 3.09. The van der Waals surface area contributed by atoms with Gasteiger partial charge >= 0.3 is 0 Å². The van der Waals surface area contributed by atoms with Crippen molar-refractivity contribution in [1.82, 2.24) is 4.72 Å². The van der Waals surface area contributed by atoms with Crippen LogP contribution in [0.3, 0.4) is 0 Å². The summed E-state index contributed by atoms with van der Waals surface area (Å²) in [5.74, 6) is 0.538. The van der Waals surface area contributed by atoms with Crippen LogP contribution in [0.5, 0.6) is 0 Å². The second-order valence-corrected chi connectivity index (χ2v) is 8.26. The van der Waals surface area contributed by atoms with Crippen LogP contribution in [0.25, 0.3) is 0 Å². The Balaban J connectivity index is 2.20. The third-order valence-corrected chi connectivity index (χ3v) is 6.83. The number of sulfonamides is 1. The minimum Gasteiger partial charge on any atom is -0.409 e. The molecule has 0 aromatic rings. The Hall–Kier alpha value is -0.820. The van der Waals surface area contributed by atoms with Crippen LogP contribution in [-0.4, -0.2) is 30.2 Å². The molecule has 2 fully saturated rings. The van der Waals surface area contributed by atoms with Crippen LogP contribution in [-0.2, 0) is 10.0 Å². The van der Waals surface area contributed by atoms with Crippen molar-refractivity contribution in [2.24, 2.45) is 16.8 Å². The molecule has 0 saturated heterocycles. The van der Waals surface area contributed by atoms with Crippen molar-refractivity contribution >= 4 is 15.9 Å². The van der Waals surface area contributed by atoms with Gasteiger partial charge in [0.1, 0.15) is 0 Å². The Labute approximate surface area is 120 Å². The Morgan fingerprint density at radius 1 is 1.25 bits per heavy atom. The van der Waals surface area contributed by atoms with Gasteiger partial charge < -0.3 is 10.9 Å². The van der Waals surface area contributed by atoms with E-state index in [0.717, 1.165) is 25.7 Å². The van der Waals surface area contributed by atoms with Gasteiger partial charge in [-0.1, -0.05) is 24.9 Å². The Morgan fingerprint density at radius 2 is 1.80 bits per heavy atom. The first-order valence-electron chi connectivity index (χ1n) is 7.40. The van der Waals surface area contributed by atoms with Crippen molar-refractivity contribution in [2.45, 2.75) is 69.1 Å². The lowest BCUT2D eigenvalue weighted by atomic mass is 9.77. The summed E-state index contributed by atoms with van der Waals surface area (Å²) in [6, 6.07) is 0. The minimum atomic E-state index is -3.41. The molecule has 2 aliphatic carbocycles. The average molecular weight is 303 g/mol. The summed E-state index contributed by atoms with van der Waals surface area (Å²) in [7, 11) is -3.41. The van der Waals surface area contributed by atoms with Crippen LogP contribution in [0.2, 0.25) is 0 Å². The van der Waals surface area contributed by atoms with Gasteiger partial charge in [0.05, 0.1) is 10.8 Å². The van der Waals surface area contributed by atoms with Gasteiger partial charge in [-0.3, -0.25) is 0 Å². The molecule has 2 aliphatic rings. The van der Waals surface area contributed by atoms with E-state index in [1.165, 1.54) is 0 Å². The number of nitrogens with zero attached hydrogens (tertiary/aromatic N) is 1. The number of rotatable bonds is 4. The Kier molecular flexibility index (Phi) is 4.59. The van der Waals surface area contributed by atoms with Crippen LogP contribution in [0.15, 0.2) is 5.16 Å². The highest BCUT2D eigenvalue weighted by Crippen LogP contribution is 2.34. The van der Waals surface area contributed by atoms with E-state index < -0.39 is 15.6 Å². The molecule has 0 aromatic heterocycles. The summed E-state index contributed by atoms with van der Waals surface area (Å²) in [6.07, 6.45) is 6.27.